The second-order valence-corrected chi connectivity index (χ2v) is 6.71. The van der Waals surface area contributed by atoms with Crippen LogP contribution in [0.25, 0.3) is 0 Å². The van der Waals surface area contributed by atoms with Crippen molar-refractivity contribution in [3.63, 3.8) is 0 Å². The number of nitrogens with zero attached hydrogens (tertiary/aromatic N) is 1. The second kappa shape index (κ2) is 4.15. The van der Waals surface area contributed by atoms with E-state index in [1.54, 1.807) is 0 Å². The topological polar surface area (TPSA) is 62.1 Å². The summed E-state index contributed by atoms with van der Waals surface area (Å²) in [7, 11) is 0. The predicted octanol–water partition coefficient (Wildman–Crippen LogP) is 2.99. The molecular weight excluding hydrogens is 228 g/mol. The van der Waals surface area contributed by atoms with E-state index in [9.17, 15) is 10.1 Å². The molecule has 0 bridgehead atoms. The SMILES string of the molecule is CC(C)(C)OC(=O)NCC1(C#N)CC12CCCC2. The third-order valence-electron chi connectivity index (χ3n) is 4.24. The highest BCUT2D eigenvalue weighted by molar-refractivity contribution is 5.68. The number of carbonyl (C=O) groups excluding carboxylic acids is 1. The van der Waals surface area contributed by atoms with Gasteiger partial charge in [-0.05, 0) is 45.4 Å². The van der Waals surface area contributed by atoms with Gasteiger partial charge in [0.15, 0.2) is 0 Å². The molecule has 2 rings (SSSR count). The monoisotopic (exact) mass is 250 g/mol. The summed E-state index contributed by atoms with van der Waals surface area (Å²) in [6, 6.07) is 2.43. The number of nitriles is 1. The standard InChI is InChI=1S/C14H22N2O2/c1-12(2,3)18-11(17)16-10-14(9-15)8-13(14)6-4-5-7-13/h4-8,10H2,1-3H3,(H,16,17). The van der Waals surface area contributed by atoms with Gasteiger partial charge in [-0.25, -0.2) is 4.79 Å². The molecule has 2 saturated carbocycles. The maximum atomic E-state index is 11.6. The Labute approximate surface area is 109 Å². The van der Waals surface area contributed by atoms with Crippen molar-refractivity contribution in [1.29, 1.82) is 5.26 Å². The first-order valence-electron chi connectivity index (χ1n) is 6.71. The van der Waals surface area contributed by atoms with Crippen molar-refractivity contribution in [1.82, 2.24) is 5.32 Å². The van der Waals surface area contributed by atoms with Gasteiger partial charge in [0.25, 0.3) is 0 Å². The van der Waals surface area contributed by atoms with Crippen LogP contribution < -0.4 is 5.32 Å². The molecule has 0 aliphatic heterocycles. The number of hydrogen-bond acceptors (Lipinski definition) is 3. The van der Waals surface area contributed by atoms with Gasteiger partial charge in [0, 0.05) is 6.54 Å². The summed E-state index contributed by atoms with van der Waals surface area (Å²) in [5.41, 5.74) is -0.629. The summed E-state index contributed by atoms with van der Waals surface area (Å²) in [6.45, 7) is 5.94. The van der Waals surface area contributed by atoms with E-state index in [2.05, 4.69) is 11.4 Å². The van der Waals surface area contributed by atoms with Crippen LogP contribution in [-0.2, 0) is 4.74 Å². The molecule has 2 aliphatic carbocycles. The average Bonchev–Trinajstić information content (AvgIpc) is 2.60. The Balaban J connectivity index is 1.87. The van der Waals surface area contributed by atoms with Gasteiger partial charge in [-0.1, -0.05) is 12.8 Å². The first-order chi connectivity index (χ1) is 8.33. The molecule has 0 aromatic rings. The summed E-state index contributed by atoms with van der Waals surface area (Å²) in [5, 5.41) is 12.1. The number of hydrogen-bond donors (Lipinski definition) is 1. The second-order valence-electron chi connectivity index (χ2n) is 6.71. The molecule has 2 aliphatic rings. The molecule has 4 nitrogen and oxygen atoms in total. The molecule has 1 N–H and O–H groups in total. The Kier molecular flexibility index (Phi) is 3.04. The lowest BCUT2D eigenvalue weighted by Crippen LogP contribution is -2.36. The minimum absolute atomic E-state index is 0.191. The van der Waals surface area contributed by atoms with E-state index < -0.39 is 11.7 Å². The zero-order valence-electron chi connectivity index (χ0n) is 11.5. The maximum absolute atomic E-state index is 11.6. The van der Waals surface area contributed by atoms with Crippen molar-refractivity contribution in [3.05, 3.63) is 0 Å². The highest BCUT2D eigenvalue weighted by Gasteiger charge is 2.68. The van der Waals surface area contributed by atoms with Crippen molar-refractivity contribution in [2.45, 2.75) is 58.5 Å². The van der Waals surface area contributed by atoms with Crippen LogP contribution in [0.3, 0.4) is 0 Å². The van der Waals surface area contributed by atoms with Crippen molar-refractivity contribution >= 4 is 6.09 Å². The lowest BCUT2D eigenvalue weighted by atomic mass is 9.92. The normalized spacial score (nSPS) is 28.8. The van der Waals surface area contributed by atoms with E-state index in [1.807, 2.05) is 20.8 Å². The maximum Gasteiger partial charge on any atom is 0.407 e. The molecule has 0 aromatic heterocycles. The van der Waals surface area contributed by atoms with Crippen molar-refractivity contribution < 1.29 is 9.53 Å². The Bertz CT molecular complexity index is 386. The molecule has 18 heavy (non-hydrogen) atoms. The smallest absolute Gasteiger partial charge is 0.407 e. The summed E-state index contributed by atoms with van der Waals surface area (Å²) in [4.78, 5) is 11.6. The molecular formula is C14H22N2O2. The zero-order valence-corrected chi connectivity index (χ0v) is 11.5. The number of alkyl carbamates (subject to hydrolysis) is 1. The molecule has 1 atom stereocenters. The zero-order chi connectivity index (χ0) is 13.4. The van der Waals surface area contributed by atoms with E-state index >= 15 is 0 Å². The van der Waals surface area contributed by atoms with Crippen LogP contribution in [0.4, 0.5) is 4.79 Å². The first kappa shape index (κ1) is 13.2. The summed E-state index contributed by atoms with van der Waals surface area (Å²) in [5.74, 6) is 0. The molecule has 0 heterocycles. The Hall–Kier alpha value is -1.24. The van der Waals surface area contributed by atoms with Crippen LogP contribution in [0.5, 0.6) is 0 Å². The molecule has 0 radical (unpaired) electrons. The number of nitrogens with one attached hydrogen (secondary N) is 1. The van der Waals surface area contributed by atoms with Crippen LogP contribution in [-0.4, -0.2) is 18.2 Å². The summed E-state index contributed by atoms with van der Waals surface area (Å²) >= 11 is 0. The van der Waals surface area contributed by atoms with Gasteiger partial charge < -0.3 is 10.1 Å². The van der Waals surface area contributed by atoms with Crippen LogP contribution in [0.15, 0.2) is 0 Å². The highest BCUT2D eigenvalue weighted by Crippen LogP contribution is 2.71. The highest BCUT2D eigenvalue weighted by atomic mass is 16.6. The number of rotatable bonds is 2. The van der Waals surface area contributed by atoms with Crippen molar-refractivity contribution in [3.8, 4) is 6.07 Å². The van der Waals surface area contributed by atoms with Crippen LogP contribution >= 0.6 is 0 Å². The van der Waals surface area contributed by atoms with Gasteiger partial charge >= 0.3 is 6.09 Å². The summed E-state index contributed by atoms with van der Waals surface area (Å²) < 4.78 is 5.20. The van der Waals surface area contributed by atoms with Crippen LogP contribution in [0.2, 0.25) is 0 Å². The molecule has 1 unspecified atom stereocenters. The summed E-state index contributed by atoms with van der Waals surface area (Å²) in [6.07, 6.45) is 5.22. The third-order valence-corrected chi connectivity index (χ3v) is 4.24. The average molecular weight is 250 g/mol. The predicted molar refractivity (Wildman–Crippen MR) is 67.8 cm³/mol. The van der Waals surface area contributed by atoms with E-state index in [0.29, 0.717) is 6.54 Å². The number of carbonyl (C=O) groups is 1. The lowest BCUT2D eigenvalue weighted by molar-refractivity contribution is 0.0517. The van der Waals surface area contributed by atoms with Gasteiger partial charge in [-0.15, -0.1) is 0 Å². The lowest BCUT2D eigenvalue weighted by Gasteiger charge is -2.21. The first-order valence-corrected chi connectivity index (χ1v) is 6.71. The fraction of sp³-hybridized carbons (Fsp3) is 0.857. The third kappa shape index (κ3) is 2.31. The molecule has 2 fully saturated rings. The van der Waals surface area contributed by atoms with Crippen LogP contribution in [0.1, 0.15) is 52.9 Å². The molecule has 0 saturated heterocycles. The number of ether oxygens (including phenoxy) is 1. The van der Waals surface area contributed by atoms with E-state index in [-0.39, 0.29) is 10.8 Å². The van der Waals surface area contributed by atoms with Gasteiger partial charge in [-0.3, -0.25) is 0 Å². The minimum atomic E-state index is -0.488. The Morgan fingerprint density at radius 1 is 1.39 bits per heavy atom. The van der Waals surface area contributed by atoms with Gasteiger partial charge in [-0.2, -0.15) is 5.26 Å². The molecule has 1 amide bonds. The molecule has 1 spiro atoms. The van der Waals surface area contributed by atoms with E-state index in [0.717, 1.165) is 19.3 Å². The van der Waals surface area contributed by atoms with E-state index in [1.165, 1.54) is 12.8 Å². The van der Waals surface area contributed by atoms with Gasteiger partial charge in [0.05, 0.1) is 11.5 Å². The van der Waals surface area contributed by atoms with Crippen LogP contribution in [0, 0.1) is 22.2 Å². The largest absolute Gasteiger partial charge is 0.444 e. The van der Waals surface area contributed by atoms with Crippen molar-refractivity contribution in [2.75, 3.05) is 6.54 Å². The Morgan fingerprint density at radius 2 is 2.00 bits per heavy atom. The molecule has 0 aromatic carbocycles. The quantitative estimate of drug-likeness (QED) is 0.819. The fourth-order valence-electron chi connectivity index (χ4n) is 3.23. The molecule has 4 heteroatoms. The van der Waals surface area contributed by atoms with Gasteiger partial charge in [0.1, 0.15) is 5.60 Å². The fourth-order valence-corrected chi connectivity index (χ4v) is 3.23. The van der Waals surface area contributed by atoms with Crippen molar-refractivity contribution in [2.24, 2.45) is 10.8 Å². The Morgan fingerprint density at radius 3 is 2.50 bits per heavy atom. The minimum Gasteiger partial charge on any atom is -0.444 e. The van der Waals surface area contributed by atoms with E-state index in [4.69, 9.17) is 4.74 Å². The van der Waals surface area contributed by atoms with Gasteiger partial charge in [0.2, 0.25) is 0 Å². The number of amides is 1. The molecule has 100 valence electrons.